The molecular weight excluding hydrogens is 245 g/mol. The van der Waals surface area contributed by atoms with Crippen LogP contribution < -0.4 is 5.11 Å². The van der Waals surface area contributed by atoms with E-state index in [0.29, 0.717) is 11.0 Å². The molecule has 0 rings (SSSR count). The van der Waals surface area contributed by atoms with E-state index in [2.05, 4.69) is 12.3 Å². The van der Waals surface area contributed by atoms with E-state index < -0.39 is 5.97 Å². The Morgan fingerprint density at radius 1 is 1.56 bits per heavy atom. The molecule has 7 heteroatoms. The number of carbonyl (C=O) groups excluding carboxylic acids is 1. The summed E-state index contributed by atoms with van der Waals surface area (Å²) in [6.45, 7) is 5.12. The molecule has 0 unspecified atom stereocenters. The fourth-order valence-corrected chi connectivity index (χ4v) is 0.732. The monoisotopic (exact) mass is 265 g/mol. The van der Waals surface area contributed by atoms with E-state index in [1.165, 1.54) is 6.92 Å². The van der Waals surface area contributed by atoms with E-state index in [1.807, 2.05) is 14.1 Å². The fraction of sp³-hybridized carbons (Fsp3) is 0.556. The zero-order valence-corrected chi connectivity index (χ0v) is 10.1. The normalized spacial score (nSPS) is 8.75. The van der Waals surface area contributed by atoms with Crippen molar-refractivity contribution in [3.8, 4) is 5.75 Å². The predicted octanol–water partition coefficient (Wildman–Crippen LogP) is -1.88. The van der Waals surface area contributed by atoms with Crippen molar-refractivity contribution in [1.82, 2.24) is 0 Å². The average molecular weight is 265 g/mol. The Morgan fingerprint density at radius 3 is 2.12 bits per heavy atom. The number of carbonyl (C=O) groups is 1. The van der Waals surface area contributed by atoms with E-state index in [9.17, 15) is 14.5 Å². The Hall–Kier alpha value is -0.643. The number of nitrogens with zero attached hydrogens (tertiary/aromatic N) is 1. The van der Waals surface area contributed by atoms with Crippen molar-refractivity contribution in [1.29, 1.82) is 0 Å². The molecular formula is C9H20NO4PSi. The van der Waals surface area contributed by atoms with Gasteiger partial charge in [0.2, 0.25) is 0 Å². The first-order valence-electron chi connectivity index (χ1n) is 4.17. The number of carboxylic acids is 1. The molecule has 0 spiro atoms. The summed E-state index contributed by atoms with van der Waals surface area (Å²) in [5, 5.41) is 18.0. The smallest absolute Gasteiger partial charge is 0.0149 e. The quantitative estimate of drug-likeness (QED) is 0.280. The van der Waals surface area contributed by atoms with Gasteiger partial charge in [-0.2, -0.15) is 0 Å². The number of aliphatic hydroxyl groups excluding tert-OH is 1. The molecule has 0 saturated heterocycles. The topological polar surface area (TPSA) is 77.4 Å². The predicted molar refractivity (Wildman–Crippen MR) is 66.7 cm³/mol. The Labute approximate surface area is 102 Å². The van der Waals surface area contributed by atoms with Gasteiger partial charge in [0, 0.05) is 0 Å². The molecule has 0 aliphatic rings. The van der Waals surface area contributed by atoms with Gasteiger partial charge in [0.05, 0.1) is 5.97 Å². The van der Waals surface area contributed by atoms with Gasteiger partial charge in [0.1, 0.15) is 0 Å². The van der Waals surface area contributed by atoms with Crippen molar-refractivity contribution in [2.45, 2.75) is 6.92 Å². The molecule has 0 bridgehead atoms. The van der Waals surface area contributed by atoms with E-state index in [-0.39, 0.29) is 31.1 Å². The first-order chi connectivity index (χ1) is 6.76. The van der Waals surface area contributed by atoms with Gasteiger partial charge in [0.15, 0.2) is 0 Å². The molecule has 0 radical (unpaired) electrons. The van der Waals surface area contributed by atoms with Crippen LogP contribution >= 0.6 is 7.92 Å². The van der Waals surface area contributed by atoms with Crippen molar-refractivity contribution >= 4 is 24.9 Å². The Bertz CT molecular complexity index is 311. The summed E-state index contributed by atoms with van der Waals surface area (Å²) < 4.78 is 10.3. The minimum atomic E-state index is -1.19. The SMILES string of the molecule is C=C(C)C(=O)[O-].C[N+](C)(C#P=O)CCO.[SiH4]. The molecule has 16 heavy (non-hydrogen) atoms. The van der Waals surface area contributed by atoms with E-state index in [4.69, 9.17) is 5.11 Å². The molecule has 0 amide bonds. The van der Waals surface area contributed by atoms with Gasteiger partial charge >= 0.3 is 55.1 Å². The maximum atomic E-state index is 9.98. The molecule has 0 aromatic carbocycles. The van der Waals surface area contributed by atoms with Crippen LogP contribution in [-0.2, 0) is 9.36 Å². The van der Waals surface area contributed by atoms with Gasteiger partial charge in [0.25, 0.3) is 0 Å². The Morgan fingerprint density at radius 2 is 1.94 bits per heavy atom. The summed E-state index contributed by atoms with van der Waals surface area (Å²) in [6, 6.07) is 0. The van der Waals surface area contributed by atoms with Crippen molar-refractivity contribution in [2.24, 2.45) is 0 Å². The second-order valence-electron chi connectivity index (χ2n) is 3.39. The van der Waals surface area contributed by atoms with Crippen molar-refractivity contribution in [2.75, 3.05) is 27.2 Å². The number of rotatable bonds is 3. The number of hydrogen-bond acceptors (Lipinski definition) is 4. The Kier molecular flexibility index (Phi) is 14.1. The van der Waals surface area contributed by atoms with Gasteiger partial charge in [-0.05, 0) is 23.5 Å². The maximum absolute atomic E-state index is 9.98. The second-order valence-corrected chi connectivity index (χ2v) is 3.77. The van der Waals surface area contributed by atoms with Crippen LogP contribution in [-0.4, -0.2) is 53.8 Å². The molecule has 0 saturated carbocycles. The third-order valence-electron chi connectivity index (χ3n) is 1.32. The minimum absolute atomic E-state index is 0. The molecule has 94 valence electrons. The molecule has 0 atom stereocenters. The number of quaternary nitrogens is 1. The van der Waals surface area contributed by atoms with E-state index in [0.717, 1.165) is 0 Å². The summed E-state index contributed by atoms with van der Waals surface area (Å²) >= 11 is 0. The maximum Gasteiger partial charge on any atom is -0.0149 e. The van der Waals surface area contributed by atoms with Gasteiger partial charge in [-0.25, -0.2) is 0 Å². The summed E-state index contributed by atoms with van der Waals surface area (Å²) in [5.41, 5.74) is 0.0648. The summed E-state index contributed by atoms with van der Waals surface area (Å²) in [5.74, 6) is 1.43. The number of aliphatic hydroxyl groups is 1. The second kappa shape index (κ2) is 10.9. The summed E-state index contributed by atoms with van der Waals surface area (Å²) in [4.78, 5) is 9.49. The molecule has 1 N–H and O–H groups in total. The molecule has 0 fully saturated rings. The number of hydrogen-bond donors (Lipinski definition) is 1. The van der Waals surface area contributed by atoms with Gasteiger partial charge in [-0.1, -0.05) is 6.58 Å². The third-order valence-corrected chi connectivity index (χ3v) is 1.94. The minimum Gasteiger partial charge on any atom is -0.0149 e. The van der Waals surface area contributed by atoms with Crippen molar-refractivity contribution in [3.05, 3.63) is 12.2 Å². The van der Waals surface area contributed by atoms with Crippen LogP contribution in [0.25, 0.3) is 0 Å². The standard InChI is InChI=1S/C5H11NO2P.C4H6O2.H4Si/c1-6(2,3-4-7)5-9-8;1-3(2)4(5)6;/h7H,3-4H2,1-2H3;1H2,2H3,(H,5,6);1H4/q+1;;/p-1. The molecule has 0 heterocycles. The molecule has 0 aromatic heterocycles. The van der Waals surface area contributed by atoms with Gasteiger partial charge < -0.3 is 9.90 Å². The van der Waals surface area contributed by atoms with Crippen LogP contribution in [0.3, 0.4) is 0 Å². The number of likely N-dealkylation sites (N-methyl/N-ethyl adjacent to an activating group) is 1. The third kappa shape index (κ3) is 15.8. The molecule has 5 nitrogen and oxygen atoms in total. The van der Waals surface area contributed by atoms with Gasteiger partial charge in [-0.15, -0.1) is 0 Å². The number of carboxylic acid groups (broad SMARTS) is 1. The van der Waals surface area contributed by atoms with Crippen LogP contribution in [0.1, 0.15) is 6.92 Å². The first-order valence-corrected chi connectivity index (χ1v) is 4.98. The Balaban J connectivity index is -0.000000214. The summed E-state index contributed by atoms with van der Waals surface area (Å²) in [6.07, 6.45) is 0. The van der Waals surface area contributed by atoms with Crippen LogP contribution in [0.15, 0.2) is 12.2 Å². The first kappa shape index (κ1) is 20.7. The zero-order valence-electron chi connectivity index (χ0n) is 9.19. The molecule has 0 aromatic rings. The largest absolute Gasteiger partial charge is 0.0149 e. The van der Waals surface area contributed by atoms with E-state index in [1.54, 1.807) is 0 Å². The van der Waals surface area contributed by atoms with Crippen molar-refractivity contribution in [3.63, 3.8) is 0 Å². The fourth-order valence-electron chi connectivity index (χ4n) is 0.411. The molecule has 0 aliphatic heterocycles. The van der Waals surface area contributed by atoms with Crippen molar-refractivity contribution < 1.29 is 24.1 Å². The average Bonchev–Trinajstić information content (AvgIpc) is 2.04. The van der Waals surface area contributed by atoms with E-state index >= 15 is 0 Å². The van der Waals surface area contributed by atoms with Crippen LogP contribution in [0, 0.1) is 5.75 Å². The molecule has 0 aliphatic carbocycles. The summed E-state index contributed by atoms with van der Waals surface area (Å²) in [7, 11) is 3.54. The van der Waals surface area contributed by atoms with Crippen LogP contribution in [0.5, 0.6) is 0 Å². The zero-order chi connectivity index (χ0) is 12.5. The van der Waals surface area contributed by atoms with Crippen LogP contribution in [0.4, 0.5) is 0 Å². The van der Waals surface area contributed by atoms with Crippen LogP contribution in [0.2, 0.25) is 0 Å². The number of aliphatic carboxylic acids is 1. The van der Waals surface area contributed by atoms with Gasteiger partial charge in [-0.3, -0.25) is 0 Å².